The molecule has 0 radical (unpaired) electrons. The van der Waals surface area contributed by atoms with Gasteiger partial charge in [0, 0.05) is 9.86 Å². The van der Waals surface area contributed by atoms with Crippen molar-refractivity contribution in [1.82, 2.24) is 0 Å². The molecule has 0 aromatic heterocycles. The first-order valence-corrected chi connectivity index (χ1v) is 9.87. The molecular formula is C19H17BrO4S. The van der Waals surface area contributed by atoms with Crippen LogP contribution in [0.15, 0.2) is 70.0 Å². The number of ether oxygens (including phenoxy) is 1. The molecule has 1 atom stereocenters. The van der Waals surface area contributed by atoms with Crippen LogP contribution in [0.3, 0.4) is 0 Å². The zero-order valence-electron chi connectivity index (χ0n) is 13.8. The molecule has 0 aliphatic heterocycles. The minimum atomic E-state index is -4.04. The van der Waals surface area contributed by atoms with Crippen LogP contribution in [0.25, 0.3) is 10.8 Å². The van der Waals surface area contributed by atoms with Gasteiger partial charge < -0.3 is 4.74 Å². The number of hydrogen-bond donors (Lipinski definition) is 0. The fourth-order valence-electron chi connectivity index (χ4n) is 2.74. The molecule has 0 saturated carbocycles. The van der Waals surface area contributed by atoms with Crippen molar-refractivity contribution in [2.24, 2.45) is 0 Å². The van der Waals surface area contributed by atoms with Crippen molar-refractivity contribution in [2.75, 3.05) is 7.11 Å². The van der Waals surface area contributed by atoms with Crippen molar-refractivity contribution in [3.8, 4) is 5.75 Å². The lowest BCUT2D eigenvalue weighted by atomic mass is 10.1. The molecule has 0 heterocycles. The summed E-state index contributed by atoms with van der Waals surface area (Å²) in [7, 11) is -2.59. The Morgan fingerprint density at radius 1 is 0.960 bits per heavy atom. The molecule has 0 fully saturated rings. The van der Waals surface area contributed by atoms with Gasteiger partial charge in [-0.05, 0) is 30.0 Å². The van der Waals surface area contributed by atoms with E-state index in [-0.39, 0.29) is 10.6 Å². The summed E-state index contributed by atoms with van der Waals surface area (Å²) in [4.78, 5) is 0.0482. The highest BCUT2D eigenvalue weighted by molar-refractivity contribution is 9.10. The first-order valence-electron chi connectivity index (χ1n) is 7.67. The van der Waals surface area contributed by atoms with Gasteiger partial charge in [-0.25, -0.2) is 0 Å². The van der Waals surface area contributed by atoms with E-state index in [9.17, 15) is 8.42 Å². The molecular weight excluding hydrogens is 404 g/mol. The second-order valence-electron chi connectivity index (χ2n) is 5.53. The molecule has 0 spiro atoms. The summed E-state index contributed by atoms with van der Waals surface area (Å²) in [5.74, 6) is 0.262. The fourth-order valence-corrected chi connectivity index (χ4v) is 4.78. The molecule has 3 aromatic carbocycles. The number of fused-ring (bicyclic) bond motifs is 1. The Morgan fingerprint density at radius 2 is 1.64 bits per heavy atom. The van der Waals surface area contributed by atoms with Crippen molar-refractivity contribution in [1.29, 1.82) is 0 Å². The van der Waals surface area contributed by atoms with E-state index in [0.717, 1.165) is 15.4 Å². The van der Waals surface area contributed by atoms with Crippen molar-refractivity contribution in [3.05, 3.63) is 70.7 Å². The Morgan fingerprint density at radius 3 is 2.36 bits per heavy atom. The lowest BCUT2D eigenvalue weighted by Crippen LogP contribution is -2.12. The smallest absolute Gasteiger partial charge is 0.301 e. The van der Waals surface area contributed by atoms with E-state index in [2.05, 4.69) is 15.9 Å². The Labute approximate surface area is 155 Å². The maximum absolute atomic E-state index is 13.0. The topological polar surface area (TPSA) is 52.6 Å². The quantitative estimate of drug-likeness (QED) is 0.540. The third kappa shape index (κ3) is 3.56. The first-order chi connectivity index (χ1) is 11.9. The monoisotopic (exact) mass is 420 g/mol. The molecule has 130 valence electrons. The van der Waals surface area contributed by atoms with Crippen molar-refractivity contribution in [2.45, 2.75) is 17.9 Å². The van der Waals surface area contributed by atoms with Gasteiger partial charge in [0.05, 0.1) is 7.11 Å². The third-order valence-electron chi connectivity index (χ3n) is 3.93. The third-order valence-corrected chi connectivity index (χ3v) is 6.11. The van der Waals surface area contributed by atoms with Gasteiger partial charge in [-0.3, -0.25) is 4.18 Å². The largest absolute Gasteiger partial charge is 0.495 e. The molecule has 0 saturated heterocycles. The molecule has 1 unspecified atom stereocenters. The van der Waals surface area contributed by atoms with Gasteiger partial charge in [-0.2, -0.15) is 8.42 Å². The molecule has 0 N–H and O–H groups in total. The lowest BCUT2D eigenvalue weighted by Gasteiger charge is -2.17. The maximum atomic E-state index is 13.0. The van der Waals surface area contributed by atoms with Gasteiger partial charge in [-0.15, -0.1) is 0 Å². The number of halogens is 1. The van der Waals surface area contributed by atoms with Crippen LogP contribution in [0.5, 0.6) is 5.75 Å². The van der Waals surface area contributed by atoms with Crippen LogP contribution in [0.4, 0.5) is 0 Å². The highest BCUT2D eigenvalue weighted by atomic mass is 79.9. The SMILES string of the molecule is COc1ccc2ccccc2c1S(=O)(=O)OC(C)c1ccccc1Br. The molecule has 3 rings (SSSR count). The standard InChI is InChI=1S/C19H17BrO4S/c1-13(15-8-5-6-10-17(15)20)24-25(21,22)19-16-9-4-3-7-14(16)11-12-18(19)23-2/h3-13H,1-2H3. The summed E-state index contributed by atoms with van der Waals surface area (Å²) < 4.78 is 37.6. The lowest BCUT2D eigenvalue weighted by molar-refractivity contribution is 0.232. The van der Waals surface area contributed by atoms with Crippen LogP contribution in [0, 0.1) is 0 Å². The average Bonchev–Trinajstić information content (AvgIpc) is 2.60. The van der Waals surface area contributed by atoms with E-state index >= 15 is 0 Å². The second kappa shape index (κ2) is 7.15. The predicted molar refractivity (Wildman–Crippen MR) is 101 cm³/mol. The molecule has 0 amide bonds. The van der Waals surface area contributed by atoms with Crippen LogP contribution in [0.1, 0.15) is 18.6 Å². The predicted octanol–water partition coefficient (Wildman–Crippen LogP) is 5.08. The number of methoxy groups -OCH3 is 1. The van der Waals surface area contributed by atoms with Crippen LogP contribution in [-0.4, -0.2) is 15.5 Å². The van der Waals surface area contributed by atoms with Gasteiger partial charge in [-0.1, -0.05) is 64.5 Å². The molecule has 6 heteroatoms. The van der Waals surface area contributed by atoms with Gasteiger partial charge >= 0.3 is 10.1 Å². The summed E-state index contributed by atoms with van der Waals surface area (Å²) in [6.45, 7) is 1.70. The zero-order valence-corrected chi connectivity index (χ0v) is 16.2. The average molecular weight is 421 g/mol. The molecule has 0 aliphatic rings. The van der Waals surface area contributed by atoms with Crippen molar-refractivity contribution in [3.63, 3.8) is 0 Å². The second-order valence-corrected chi connectivity index (χ2v) is 7.90. The van der Waals surface area contributed by atoms with Crippen LogP contribution >= 0.6 is 15.9 Å². The molecule has 0 bridgehead atoms. The summed E-state index contributed by atoms with van der Waals surface area (Å²) in [5, 5.41) is 1.38. The van der Waals surface area contributed by atoms with Crippen molar-refractivity contribution >= 4 is 36.8 Å². The van der Waals surface area contributed by atoms with E-state index in [0.29, 0.717) is 5.39 Å². The first kappa shape index (κ1) is 17.9. The highest BCUT2D eigenvalue weighted by Crippen LogP contribution is 2.36. The Balaban J connectivity index is 2.09. The van der Waals surface area contributed by atoms with Gasteiger partial charge in [0.2, 0.25) is 0 Å². The Bertz CT molecular complexity index is 1010. The van der Waals surface area contributed by atoms with E-state index in [1.54, 1.807) is 25.1 Å². The summed E-state index contributed by atoms with van der Waals surface area (Å²) in [6, 6.07) is 18.1. The number of benzene rings is 3. The normalized spacial score (nSPS) is 12.9. The highest BCUT2D eigenvalue weighted by Gasteiger charge is 2.27. The Kier molecular flexibility index (Phi) is 5.13. The Hall–Kier alpha value is -1.89. The van der Waals surface area contributed by atoms with E-state index in [1.165, 1.54) is 7.11 Å². The zero-order chi connectivity index (χ0) is 18.0. The van der Waals surface area contributed by atoms with Crippen molar-refractivity contribution < 1.29 is 17.3 Å². The molecule has 4 nitrogen and oxygen atoms in total. The number of rotatable bonds is 5. The number of hydrogen-bond acceptors (Lipinski definition) is 4. The van der Waals surface area contributed by atoms with E-state index < -0.39 is 16.2 Å². The van der Waals surface area contributed by atoms with Crippen LogP contribution in [0.2, 0.25) is 0 Å². The van der Waals surface area contributed by atoms with Crippen LogP contribution in [-0.2, 0) is 14.3 Å². The summed E-state index contributed by atoms with van der Waals surface area (Å²) in [5.41, 5.74) is 0.755. The van der Waals surface area contributed by atoms with Gasteiger partial charge in [0.15, 0.2) is 0 Å². The molecule has 3 aromatic rings. The minimum Gasteiger partial charge on any atom is -0.495 e. The summed E-state index contributed by atoms with van der Waals surface area (Å²) >= 11 is 3.43. The fraction of sp³-hybridized carbons (Fsp3) is 0.158. The molecule has 25 heavy (non-hydrogen) atoms. The van der Waals surface area contributed by atoms with Crippen LogP contribution < -0.4 is 4.74 Å². The van der Waals surface area contributed by atoms with Gasteiger partial charge in [0.1, 0.15) is 16.7 Å². The maximum Gasteiger partial charge on any atom is 0.301 e. The van der Waals surface area contributed by atoms with E-state index in [1.807, 2.05) is 42.5 Å². The molecule has 0 aliphatic carbocycles. The minimum absolute atomic E-state index is 0.0482. The van der Waals surface area contributed by atoms with Gasteiger partial charge in [0.25, 0.3) is 0 Å². The van der Waals surface area contributed by atoms with E-state index in [4.69, 9.17) is 8.92 Å². The summed E-state index contributed by atoms with van der Waals surface area (Å²) in [6.07, 6.45) is -0.649.